The van der Waals surface area contributed by atoms with E-state index >= 15 is 0 Å². The summed E-state index contributed by atoms with van der Waals surface area (Å²) in [6.45, 7) is 1.39. The van der Waals surface area contributed by atoms with Crippen molar-refractivity contribution in [2.45, 2.75) is 17.7 Å². The van der Waals surface area contributed by atoms with E-state index in [1.165, 1.54) is 12.1 Å². The van der Waals surface area contributed by atoms with E-state index < -0.39 is 14.9 Å². The van der Waals surface area contributed by atoms with Crippen LogP contribution in [-0.2, 0) is 16.4 Å². The van der Waals surface area contributed by atoms with Crippen LogP contribution >= 0.6 is 0 Å². The van der Waals surface area contributed by atoms with Crippen LogP contribution in [0.25, 0.3) is 21.9 Å². The van der Waals surface area contributed by atoms with E-state index in [9.17, 15) is 18.5 Å². The maximum absolute atomic E-state index is 13.2. The smallest absolute Gasteiger partial charge is 0.269 e. The number of fused-ring (bicyclic) bond motifs is 1. The molecule has 4 aromatic rings. The van der Waals surface area contributed by atoms with E-state index in [1.54, 1.807) is 42.7 Å². The zero-order chi connectivity index (χ0) is 25.5. The molecule has 4 rings (SSSR count). The summed E-state index contributed by atoms with van der Waals surface area (Å²) in [6, 6.07) is 19.1. The molecule has 0 atom stereocenters. The summed E-state index contributed by atoms with van der Waals surface area (Å²) < 4.78 is 29.1. The highest BCUT2D eigenvalue weighted by atomic mass is 32.2. The first-order valence-corrected chi connectivity index (χ1v) is 13.0. The fraction of sp³-hybridized carbons (Fsp3) is 0.192. The van der Waals surface area contributed by atoms with Crippen molar-refractivity contribution in [3.05, 3.63) is 94.8 Å². The predicted octanol–water partition coefficient (Wildman–Crippen LogP) is 3.89. The van der Waals surface area contributed by atoms with Gasteiger partial charge in [-0.25, -0.2) is 13.1 Å². The van der Waals surface area contributed by atoms with E-state index in [0.717, 1.165) is 34.9 Å². The molecule has 0 aliphatic carbocycles. The van der Waals surface area contributed by atoms with Crippen molar-refractivity contribution in [2.75, 3.05) is 25.4 Å². The standard InChI is InChI=1S/C26H27N5O4S/c27-23-5-1-4-20(16-23)21-15-22-18-29-12-10-25(22)26(17-21)36(34,35)30-14-13-28-11-2-3-19-6-8-24(9-7-19)31(32)33/h1,4-10,12,15-18,28,30H,2-3,11,13-14,27H2. The number of aromatic nitrogens is 1. The van der Waals surface area contributed by atoms with Crippen LogP contribution in [0, 0.1) is 10.1 Å². The first-order valence-electron chi connectivity index (χ1n) is 11.5. The third kappa shape index (κ3) is 6.22. The average molecular weight is 506 g/mol. The molecule has 1 aromatic heterocycles. The van der Waals surface area contributed by atoms with Gasteiger partial charge in [-0.2, -0.15) is 0 Å². The first-order chi connectivity index (χ1) is 17.3. The molecule has 186 valence electrons. The molecule has 36 heavy (non-hydrogen) atoms. The van der Waals surface area contributed by atoms with Crippen LogP contribution in [0.5, 0.6) is 0 Å². The molecule has 9 nitrogen and oxygen atoms in total. The number of nitrogens with zero attached hydrogens (tertiary/aromatic N) is 2. The Hall–Kier alpha value is -3.86. The number of nitrogens with two attached hydrogens (primary N) is 1. The molecule has 3 aromatic carbocycles. The highest BCUT2D eigenvalue weighted by Gasteiger charge is 2.19. The molecule has 0 radical (unpaired) electrons. The van der Waals surface area contributed by atoms with Gasteiger partial charge in [0.15, 0.2) is 0 Å². The minimum Gasteiger partial charge on any atom is -0.399 e. The van der Waals surface area contributed by atoms with Gasteiger partial charge < -0.3 is 11.1 Å². The quantitative estimate of drug-likeness (QED) is 0.122. The number of sulfonamides is 1. The van der Waals surface area contributed by atoms with Crippen molar-refractivity contribution in [1.29, 1.82) is 0 Å². The summed E-state index contributed by atoms with van der Waals surface area (Å²) in [5.74, 6) is 0. The van der Waals surface area contributed by atoms with Crippen molar-refractivity contribution in [3.63, 3.8) is 0 Å². The number of benzene rings is 3. The van der Waals surface area contributed by atoms with Gasteiger partial charge >= 0.3 is 0 Å². The Bertz CT molecular complexity index is 1470. The molecule has 0 spiro atoms. The molecule has 0 amide bonds. The predicted molar refractivity (Wildman–Crippen MR) is 141 cm³/mol. The fourth-order valence-corrected chi connectivity index (χ4v) is 5.24. The van der Waals surface area contributed by atoms with Crippen molar-refractivity contribution in [2.24, 2.45) is 0 Å². The summed E-state index contributed by atoms with van der Waals surface area (Å²) in [7, 11) is -3.78. The monoisotopic (exact) mass is 505 g/mol. The highest BCUT2D eigenvalue weighted by Crippen LogP contribution is 2.30. The van der Waals surface area contributed by atoms with Gasteiger partial charge in [-0.15, -0.1) is 0 Å². The molecule has 0 saturated carbocycles. The summed E-state index contributed by atoms with van der Waals surface area (Å²) in [5, 5.41) is 15.3. The lowest BCUT2D eigenvalue weighted by molar-refractivity contribution is -0.384. The van der Waals surface area contributed by atoms with E-state index in [4.69, 9.17) is 5.73 Å². The van der Waals surface area contributed by atoms with Crippen LogP contribution in [0.4, 0.5) is 11.4 Å². The Morgan fingerprint density at radius 1 is 0.944 bits per heavy atom. The van der Waals surface area contributed by atoms with Gasteiger partial charge in [-0.1, -0.05) is 24.3 Å². The zero-order valence-electron chi connectivity index (χ0n) is 19.6. The van der Waals surface area contributed by atoms with Crippen LogP contribution in [0.1, 0.15) is 12.0 Å². The van der Waals surface area contributed by atoms with Crippen LogP contribution in [0.15, 0.2) is 84.0 Å². The number of hydrogen-bond acceptors (Lipinski definition) is 7. The number of hydrogen-bond donors (Lipinski definition) is 3. The Labute approximate surface area is 209 Å². The van der Waals surface area contributed by atoms with Crippen LogP contribution in [0.3, 0.4) is 0 Å². The Morgan fingerprint density at radius 2 is 1.75 bits per heavy atom. The van der Waals surface area contributed by atoms with Gasteiger partial charge in [-0.05, 0) is 66.4 Å². The third-order valence-corrected chi connectivity index (χ3v) is 7.29. The topological polar surface area (TPSA) is 140 Å². The van der Waals surface area contributed by atoms with Gasteiger partial charge in [0.25, 0.3) is 5.69 Å². The number of nitro benzene ring substituents is 1. The molecule has 0 unspecified atom stereocenters. The molecule has 4 N–H and O–H groups in total. The lowest BCUT2D eigenvalue weighted by atomic mass is 10.0. The number of nitrogen functional groups attached to an aromatic ring is 1. The molecule has 0 saturated heterocycles. The second-order valence-corrected chi connectivity index (χ2v) is 10.1. The lowest BCUT2D eigenvalue weighted by Gasteiger charge is -2.13. The normalized spacial score (nSPS) is 11.6. The van der Waals surface area contributed by atoms with Gasteiger partial charge in [0.2, 0.25) is 10.0 Å². The zero-order valence-corrected chi connectivity index (χ0v) is 20.4. The number of nitro groups is 1. The molecular weight excluding hydrogens is 478 g/mol. The van der Waals surface area contributed by atoms with Gasteiger partial charge in [-0.3, -0.25) is 15.1 Å². The Balaban J connectivity index is 1.35. The van der Waals surface area contributed by atoms with Gasteiger partial charge in [0.1, 0.15) is 0 Å². The highest BCUT2D eigenvalue weighted by molar-refractivity contribution is 7.89. The number of anilines is 1. The summed E-state index contributed by atoms with van der Waals surface area (Å²) in [4.78, 5) is 14.7. The molecule has 0 aliphatic heterocycles. The summed E-state index contributed by atoms with van der Waals surface area (Å²) in [5.41, 5.74) is 9.18. The summed E-state index contributed by atoms with van der Waals surface area (Å²) >= 11 is 0. The van der Waals surface area contributed by atoms with Crippen molar-refractivity contribution >= 4 is 32.2 Å². The van der Waals surface area contributed by atoms with Crippen molar-refractivity contribution in [3.8, 4) is 11.1 Å². The van der Waals surface area contributed by atoms with Crippen molar-refractivity contribution < 1.29 is 13.3 Å². The Morgan fingerprint density at radius 3 is 2.50 bits per heavy atom. The van der Waals surface area contributed by atoms with E-state index in [0.29, 0.717) is 24.2 Å². The number of pyridine rings is 1. The maximum Gasteiger partial charge on any atom is 0.269 e. The largest absolute Gasteiger partial charge is 0.399 e. The number of rotatable bonds is 11. The minimum absolute atomic E-state index is 0.0756. The number of nitrogens with one attached hydrogen (secondary N) is 2. The molecular formula is C26H27N5O4S. The molecule has 10 heteroatoms. The average Bonchev–Trinajstić information content (AvgIpc) is 2.87. The number of non-ortho nitro benzene ring substituents is 1. The fourth-order valence-electron chi connectivity index (χ4n) is 3.96. The molecule has 0 fully saturated rings. The second kappa shape index (κ2) is 11.3. The van der Waals surface area contributed by atoms with Crippen LogP contribution < -0.4 is 15.8 Å². The lowest BCUT2D eigenvalue weighted by Crippen LogP contribution is -2.32. The Kier molecular flexibility index (Phi) is 7.89. The van der Waals surface area contributed by atoms with Gasteiger partial charge in [0.05, 0.1) is 9.82 Å². The van der Waals surface area contributed by atoms with Crippen LogP contribution in [-0.4, -0.2) is 38.0 Å². The first kappa shape index (κ1) is 25.2. The van der Waals surface area contributed by atoms with E-state index in [1.807, 2.05) is 24.3 Å². The van der Waals surface area contributed by atoms with Gasteiger partial charge in [0, 0.05) is 54.1 Å². The molecule has 1 heterocycles. The van der Waals surface area contributed by atoms with E-state index in [2.05, 4.69) is 15.0 Å². The number of aryl methyl sites for hydroxylation is 1. The van der Waals surface area contributed by atoms with Crippen molar-refractivity contribution in [1.82, 2.24) is 15.0 Å². The summed E-state index contributed by atoms with van der Waals surface area (Å²) in [6.07, 6.45) is 4.82. The maximum atomic E-state index is 13.2. The minimum atomic E-state index is -3.78. The molecule has 0 aliphatic rings. The molecule has 0 bridgehead atoms. The third-order valence-electron chi connectivity index (χ3n) is 5.78. The second-order valence-electron chi connectivity index (χ2n) is 8.37. The van der Waals surface area contributed by atoms with E-state index in [-0.39, 0.29) is 17.1 Å². The van der Waals surface area contributed by atoms with Crippen LogP contribution in [0.2, 0.25) is 0 Å². The SMILES string of the molecule is Nc1cccc(-c2cc(S(=O)(=O)NCCNCCCc3ccc([N+](=O)[O-])cc3)c3ccncc3c2)c1.